The number of hydrogen-bond acceptors (Lipinski definition) is 2. The van der Waals surface area contributed by atoms with Gasteiger partial charge in [-0.15, -0.1) is 0 Å². The lowest BCUT2D eigenvalue weighted by atomic mass is 10.0. The van der Waals surface area contributed by atoms with Crippen LogP contribution in [-0.2, 0) is 0 Å². The van der Waals surface area contributed by atoms with E-state index < -0.39 is 0 Å². The minimum absolute atomic E-state index is 0.183. The maximum atomic E-state index is 12.1. The summed E-state index contributed by atoms with van der Waals surface area (Å²) in [6.45, 7) is 7.92. The molecule has 21 heavy (non-hydrogen) atoms. The van der Waals surface area contributed by atoms with E-state index in [0.29, 0.717) is 5.56 Å². The Morgan fingerprint density at radius 3 is 2.33 bits per heavy atom. The van der Waals surface area contributed by atoms with Gasteiger partial charge in [0.25, 0.3) is 5.91 Å². The Morgan fingerprint density at radius 1 is 0.952 bits per heavy atom. The summed E-state index contributed by atoms with van der Waals surface area (Å²) in [4.78, 5) is 12.1. The van der Waals surface area contributed by atoms with Gasteiger partial charge in [-0.05, 0) is 44.9 Å². The zero-order chi connectivity index (χ0) is 15.4. The molecule has 0 unspecified atom stereocenters. The molecule has 2 rings (SSSR count). The molecule has 2 aromatic carbocycles. The molecular formula is C18H20N2O. The van der Waals surface area contributed by atoms with Gasteiger partial charge in [-0.25, -0.2) is 5.43 Å². The molecule has 0 radical (unpaired) electrons. The van der Waals surface area contributed by atoms with Gasteiger partial charge in [0.05, 0.1) is 5.71 Å². The number of aryl methyl sites for hydroxylation is 3. The molecular weight excluding hydrogens is 260 g/mol. The number of hydrazone groups is 1. The van der Waals surface area contributed by atoms with Crippen molar-refractivity contribution in [1.29, 1.82) is 0 Å². The first-order chi connectivity index (χ1) is 9.99. The van der Waals surface area contributed by atoms with E-state index in [2.05, 4.69) is 23.5 Å². The van der Waals surface area contributed by atoms with E-state index in [0.717, 1.165) is 22.4 Å². The topological polar surface area (TPSA) is 41.5 Å². The Bertz CT molecular complexity index is 702. The van der Waals surface area contributed by atoms with Gasteiger partial charge in [0.1, 0.15) is 0 Å². The largest absolute Gasteiger partial charge is 0.271 e. The molecule has 0 aromatic heterocycles. The molecule has 0 fully saturated rings. The molecule has 108 valence electrons. The van der Waals surface area contributed by atoms with E-state index in [4.69, 9.17) is 0 Å². The maximum absolute atomic E-state index is 12.1. The molecule has 0 atom stereocenters. The van der Waals surface area contributed by atoms with Gasteiger partial charge >= 0.3 is 0 Å². The Labute approximate surface area is 125 Å². The molecule has 0 aliphatic rings. The average molecular weight is 280 g/mol. The first-order valence-electron chi connectivity index (χ1n) is 6.97. The third kappa shape index (κ3) is 3.57. The van der Waals surface area contributed by atoms with E-state index in [9.17, 15) is 4.79 Å². The second-order valence-corrected chi connectivity index (χ2v) is 5.27. The SMILES string of the molecule is C/C(=N\NC(=O)c1ccccc1C)c1ccc(C)cc1C. The monoisotopic (exact) mass is 280 g/mol. The van der Waals surface area contributed by atoms with Crippen LogP contribution >= 0.6 is 0 Å². The normalized spacial score (nSPS) is 11.3. The van der Waals surface area contributed by atoms with Crippen LogP contribution in [0.2, 0.25) is 0 Å². The number of nitrogens with zero attached hydrogens (tertiary/aromatic N) is 1. The van der Waals surface area contributed by atoms with Crippen LogP contribution < -0.4 is 5.43 Å². The number of carbonyl (C=O) groups is 1. The maximum Gasteiger partial charge on any atom is 0.271 e. The highest BCUT2D eigenvalue weighted by Crippen LogP contribution is 2.12. The highest BCUT2D eigenvalue weighted by Gasteiger charge is 2.08. The van der Waals surface area contributed by atoms with Gasteiger partial charge < -0.3 is 0 Å². The van der Waals surface area contributed by atoms with Gasteiger partial charge in [0, 0.05) is 11.1 Å². The summed E-state index contributed by atoms with van der Waals surface area (Å²) in [7, 11) is 0. The van der Waals surface area contributed by atoms with Gasteiger partial charge in [-0.3, -0.25) is 4.79 Å². The summed E-state index contributed by atoms with van der Waals surface area (Å²) in [5, 5.41) is 4.22. The van der Waals surface area contributed by atoms with Crippen LogP contribution in [0.4, 0.5) is 0 Å². The molecule has 0 spiro atoms. The van der Waals surface area contributed by atoms with E-state index in [1.807, 2.05) is 51.1 Å². The van der Waals surface area contributed by atoms with Crippen LogP contribution in [-0.4, -0.2) is 11.6 Å². The van der Waals surface area contributed by atoms with Crippen LogP contribution in [0.5, 0.6) is 0 Å². The highest BCUT2D eigenvalue weighted by atomic mass is 16.2. The number of amides is 1. The quantitative estimate of drug-likeness (QED) is 0.675. The summed E-state index contributed by atoms with van der Waals surface area (Å²) >= 11 is 0. The fourth-order valence-electron chi connectivity index (χ4n) is 2.30. The van der Waals surface area contributed by atoms with E-state index in [1.54, 1.807) is 6.07 Å². The van der Waals surface area contributed by atoms with Crippen molar-refractivity contribution in [2.75, 3.05) is 0 Å². The lowest BCUT2D eigenvalue weighted by Crippen LogP contribution is -2.20. The molecule has 0 saturated heterocycles. The van der Waals surface area contributed by atoms with Crippen LogP contribution in [0.3, 0.4) is 0 Å². The van der Waals surface area contributed by atoms with E-state index in [-0.39, 0.29) is 5.91 Å². The van der Waals surface area contributed by atoms with Gasteiger partial charge in [-0.1, -0.05) is 42.0 Å². The zero-order valence-corrected chi connectivity index (χ0v) is 12.9. The Kier molecular flexibility index (Phi) is 4.53. The van der Waals surface area contributed by atoms with Crippen molar-refractivity contribution in [3.63, 3.8) is 0 Å². The third-order valence-corrected chi connectivity index (χ3v) is 3.49. The lowest BCUT2D eigenvalue weighted by molar-refractivity contribution is 0.0954. The van der Waals surface area contributed by atoms with Crippen LogP contribution in [0.1, 0.15) is 39.5 Å². The summed E-state index contributed by atoms with van der Waals surface area (Å²) < 4.78 is 0. The molecule has 0 saturated carbocycles. The molecule has 0 bridgehead atoms. The molecule has 1 N–H and O–H groups in total. The highest BCUT2D eigenvalue weighted by molar-refractivity contribution is 6.02. The summed E-state index contributed by atoms with van der Waals surface area (Å²) in [5.41, 5.74) is 8.43. The smallest absolute Gasteiger partial charge is 0.267 e. The first-order valence-corrected chi connectivity index (χ1v) is 6.97. The predicted octanol–water partition coefficient (Wildman–Crippen LogP) is 3.77. The van der Waals surface area contributed by atoms with Crippen molar-refractivity contribution in [3.8, 4) is 0 Å². The first kappa shape index (κ1) is 15.0. The second kappa shape index (κ2) is 6.35. The fourth-order valence-corrected chi connectivity index (χ4v) is 2.30. The molecule has 3 heteroatoms. The number of carbonyl (C=O) groups excluding carboxylic acids is 1. The van der Waals surface area contributed by atoms with Crippen molar-refractivity contribution >= 4 is 11.6 Å². The van der Waals surface area contributed by atoms with E-state index in [1.165, 1.54) is 5.56 Å². The standard InChI is InChI=1S/C18H20N2O/c1-12-9-10-16(14(3)11-12)15(4)19-20-18(21)17-8-6-5-7-13(17)2/h5-11H,1-4H3,(H,20,21)/b19-15+. The van der Waals surface area contributed by atoms with Crippen molar-refractivity contribution in [2.45, 2.75) is 27.7 Å². The van der Waals surface area contributed by atoms with Crippen LogP contribution in [0.25, 0.3) is 0 Å². The van der Waals surface area contributed by atoms with Crippen molar-refractivity contribution in [2.24, 2.45) is 5.10 Å². The molecule has 0 aliphatic carbocycles. The number of benzene rings is 2. The van der Waals surface area contributed by atoms with Crippen molar-refractivity contribution in [1.82, 2.24) is 5.43 Å². The number of hydrogen-bond donors (Lipinski definition) is 1. The number of nitrogens with one attached hydrogen (secondary N) is 1. The van der Waals surface area contributed by atoms with Gasteiger partial charge in [0.2, 0.25) is 0 Å². The summed E-state index contributed by atoms with van der Waals surface area (Å²) in [5.74, 6) is -0.183. The Balaban J connectivity index is 2.17. The molecule has 3 nitrogen and oxygen atoms in total. The van der Waals surface area contributed by atoms with Gasteiger partial charge in [0.15, 0.2) is 0 Å². The molecule has 1 amide bonds. The van der Waals surface area contributed by atoms with Crippen molar-refractivity contribution in [3.05, 3.63) is 70.3 Å². The van der Waals surface area contributed by atoms with E-state index >= 15 is 0 Å². The van der Waals surface area contributed by atoms with Gasteiger partial charge in [-0.2, -0.15) is 5.10 Å². The average Bonchev–Trinajstić information content (AvgIpc) is 2.45. The lowest BCUT2D eigenvalue weighted by Gasteiger charge is -2.08. The third-order valence-electron chi connectivity index (χ3n) is 3.49. The van der Waals surface area contributed by atoms with Crippen LogP contribution in [0, 0.1) is 20.8 Å². The molecule has 2 aromatic rings. The summed E-state index contributed by atoms with van der Waals surface area (Å²) in [6, 6.07) is 13.7. The fraction of sp³-hybridized carbons (Fsp3) is 0.222. The van der Waals surface area contributed by atoms with Crippen molar-refractivity contribution < 1.29 is 4.79 Å². The zero-order valence-electron chi connectivity index (χ0n) is 12.9. The molecule has 0 aliphatic heterocycles. The minimum Gasteiger partial charge on any atom is -0.267 e. The molecule has 0 heterocycles. The predicted molar refractivity (Wildman–Crippen MR) is 86.8 cm³/mol. The summed E-state index contributed by atoms with van der Waals surface area (Å²) in [6.07, 6.45) is 0. The number of rotatable bonds is 3. The second-order valence-electron chi connectivity index (χ2n) is 5.27. The Morgan fingerprint density at radius 2 is 1.67 bits per heavy atom. The van der Waals surface area contributed by atoms with Crippen LogP contribution in [0.15, 0.2) is 47.6 Å². The Hall–Kier alpha value is -2.42. The minimum atomic E-state index is -0.183.